The van der Waals surface area contributed by atoms with E-state index in [1.54, 1.807) is 19.1 Å². The highest BCUT2D eigenvalue weighted by Crippen LogP contribution is 2.30. The smallest absolute Gasteiger partial charge is 0.387 e. The van der Waals surface area contributed by atoms with Gasteiger partial charge in [-0.05, 0) is 44.5 Å². The zero-order valence-electron chi connectivity index (χ0n) is 17.3. The molecule has 164 valence electrons. The van der Waals surface area contributed by atoms with Crippen LogP contribution in [0.15, 0.2) is 23.2 Å². The molecule has 1 aliphatic rings. The van der Waals surface area contributed by atoms with Crippen LogP contribution in [0.1, 0.15) is 25.8 Å². The summed E-state index contributed by atoms with van der Waals surface area (Å²) in [6.45, 7) is 7.85. The number of guanidine groups is 1. The molecule has 9 heteroatoms. The van der Waals surface area contributed by atoms with Gasteiger partial charge in [0.1, 0.15) is 0 Å². The van der Waals surface area contributed by atoms with Crippen molar-refractivity contribution in [1.29, 1.82) is 0 Å². The lowest BCUT2D eigenvalue weighted by molar-refractivity contribution is -0.0514. The van der Waals surface area contributed by atoms with Gasteiger partial charge in [0.2, 0.25) is 0 Å². The van der Waals surface area contributed by atoms with Crippen molar-refractivity contribution in [3.63, 3.8) is 0 Å². The van der Waals surface area contributed by atoms with Gasteiger partial charge in [-0.2, -0.15) is 8.78 Å². The van der Waals surface area contributed by atoms with Crippen LogP contribution in [0, 0.1) is 0 Å². The summed E-state index contributed by atoms with van der Waals surface area (Å²) in [7, 11) is 0. The number of nitrogens with zero attached hydrogens (tertiary/aromatic N) is 2. The minimum atomic E-state index is -2.89. The summed E-state index contributed by atoms with van der Waals surface area (Å²) < 4.78 is 40.3. The molecule has 0 unspecified atom stereocenters. The molecule has 1 fully saturated rings. The van der Waals surface area contributed by atoms with Gasteiger partial charge in [-0.3, -0.25) is 4.90 Å². The number of aliphatic imine (C=N–C) groups is 1. The number of morpholine rings is 1. The van der Waals surface area contributed by atoms with Crippen LogP contribution in [0.3, 0.4) is 0 Å². The van der Waals surface area contributed by atoms with E-state index in [1.807, 2.05) is 6.92 Å². The van der Waals surface area contributed by atoms with Crippen molar-refractivity contribution in [2.45, 2.75) is 33.4 Å². The molecule has 0 spiro atoms. The second-order valence-electron chi connectivity index (χ2n) is 6.52. The Morgan fingerprint density at radius 3 is 2.69 bits per heavy atom. The molecule has 1 aliphatic heterocycles. The number of alkyl halides is 2. The van der Waals surface area contributed by atoms with Gasteiger partial charge in [-0.25, -0.2) is 4.99 Å². The summed E-state index contributed by atoms with van der Waals surface area (Å²) >= 11 is 0. The van der Waals surface area contributed by atoms with Gasteiger partial charge in [0.15, 0.2) is 17.5 Å². The topological polar surface area (TPSA) is 67.4 Å². The van der Waals surface area contributed by atoms with Crippen LogP contribution in [-0.4, -0.2) is 70.0 Å². The van der Waals surface area contributed by atoms with E-state index in [0.717, 1.165) is 63.9 Å². The average molecular weight is 414 g/mol. The molecule has 1 aromatic rings. The largest absolute Gasteiger partial charge is 0.490 e. The van der Waals surface area contributed by atoms with Gasteiger partial charge in [-0.1, -0.05) is 6.07 Å². The van der Waals surface area contributed by atoms with Crippen LogP contribution < -0.4 is 20.1 Å². The van der Waals surface area contributed by atoms with Crippen molar-refractivity contribution in [3.05, 3.63) is 23.8 Å². The van der Waals surface area contributed by atoms with Gasteiger partial charge >= 0.3 is 6.61 Å². The maximum absolute atomic E-state index is 12.5. The molecule has 0 aromatic heterocycles. The first-order valence-electron chi connectivity index (χ1n) is 10.1. The highest BCUT2D eigenvalue weighted by atomic mass is 19.3. The third kappa shape index (κ3) is 8.82. The molecule has 29 heavy (non-hydrogen) atoms. The Bertz CT molecular complexity index is 626. The Morgan fingerprint density at radius 2 is 2.00 bits per heavy atom. The van der Waals surface area contributed by atoms with Crippen LogP contribution in [-0.2, 0) is 11.3 Å². The predicted octanol–water partition coefficient (Wildman–Crippen LogP) is 2.46. The van der Waals surface area contributed by atoms with Gasteiger partial charge in [-0.15, -0.1) is 0 Å². The molecule has 0 amide bonds. The number of hydrogen-bond donors (Lipinski definition) is 2. The monoisotopic (exact) mass is 414 g/mol. The number of hydrogen-bond acceptors (Lipinski definition) is 5. The van der Waals surface area contributed by atoms with E-state index in [2.05, 4.69) is 25.3 Å². The molecule has 0 aliphatic carbocycles. The Morgan fingerprint density at radius 1 is 1.21 bits per heavy atom. The summed E-state index contributed by atoms with van der Waals surface area (Å²) in [5.74, 6) is 1.05. The van der Waals surface area contributed by atoms with E-state index in [1.165, 1.54) is 6.07 Å². The first-order chi connectivity index (χ1) is 14.1. The van der Waals surface area contributed by atoms with Crippen molar-refractivity contribution < 1.29 is 23.0 Å². The Balaban J connectivity index is 1.88. The summed E-state index contributed by atoms with van der Waals surface area (Å²) in [6, 6.07) is 4.89. The van der Waals surface area contributed by atoms with Crippen LogP contribution in [0.4, 0.5) is 8.78 Å². The van der Waals surface area contributed by atoms with Gasteiger partial charge in [0.05, 0.1) is 26.4 Å². The third-order valence-electron chi connectivity index (χ3n) is 4.34. The molecule has 0 saturated carbocycles. The summed E-state index contributed by atoms with van der Waals surface area (Å²) in [5, 5.41) is 6.55. The predicted molar refractivity (Wildman–Crippen MR) is 109 cm³/mol. The number of ether oxygens (including phenoxy) is 3. The zero-order valence-corrected chi connectivity index (χ0v) is 17.3. The minimum Gasteiger partial charge on any atom is -0.490 e. The van der Waals surface area contributed by atoms with Crippen molar-refractivity contribution in [2.75, 3.05) is 52.5 Å². The number of halogens is 2. The van der Waals surface area contributed by atoms with Crippen molar-refractivity contribution in [1.82, 2.24) is 15.5 Å². The van der Waals surface area contributed by atoms with Crippen molar-refractivity contribution in [2.24, 2.45) is 4.99 Å². The lowest BCUT2D eigenvalue weighted by atomic mass is 10.2. The highest BCUT2D eigenvalue weighted by molar-refractivity contribution is 5.79. The third-order valence-corrected chi connectivity index (χ3v) is 4.34. The lowest BCUT2D eigenvalue weighted by Crippen LogP contribution is -2.40. The Kier molecular flexibility index (Phi) is 10.5. The van der Waals surface area contributed by atoms with E-state index >= 15 is 0 Å². The fraction of sp³-hybridized carbons (Fsp3) is 0.650. The molecular weight excluding hydrogens is 382 g/mol. The van der Waals surface area contributed by atoms with E-state index in [4.69, 9.17) is 9.47 Å². The fourth-order valence-corrected chi connectivity index (χ4v) is 2.96. The molecule has 2 N–H and O–H groups in total. The van der Waals surface area contributed by atoms with Crippen LogP contribution >= 0.6 is 0 Å². The molecular formula is C20H32F2N4O3. The second kappa shape index (κ2) is 13.2. The Labute approximate surface area is 171 Å². The number of rotatable bonds is 11. The standard InChI is InChI=1S/C20H32F2N4O3/c1-3-23-20(24-8-5-9-26-10-12-27-13-11-26)25-15-16-6-7-17(29-19(21)22)18(14-16)28-4-2/h6-7,14,19H,3-5,8-13,15H2,1-2H3,(H2,23,24,25). The lowest BCUT2D eigenvalue weighted by Gasteiger charge is -2.26. The quantitative estimate of drug-likeness (QED) is 0.329. The molecule has 0 radical (unpaired) electrons. The number of nitrogens with one attached hydrogen (secondary N) is 2. The first-order valence-corrected chi connectivity index (χ1v) is 10.1. The van der Waals surface area contributed by atoms with E-state index < -0.39 is 6.61 Å². The molecule has 1 saturated heterocycles. The minimum absolute atomic E-state index is 0.0303. The maximum Gasteiger partial charge on any atom is 0.387 e. The van der Waals surface area contributed by atoms with Crippen LogP contribution in [0.2, 0.25) is 0 Å². The molecule has 7 nitrogen and oxygen atoms in total. The SMILES string of the molecule is CCNC(=NCc1ccc(OC(F)F)c(OCC)c1)NCCCN1CCOCC1. The molecule has 0 bridgehead atoms. The maximum atomic E-state index is 12.5. The molecule has 0 atom stereocenters. The first kappa shape index (κ1) is 23.2. The van der Waals surface area contributed by atoms with Crippen molar-refractivity contribution >= 4 is 5.96 Å². The van der Waals surface area contributed by atoms with Gasteiger partial charge in [0.25, 0.3) is 0 Å². The van der Waals surface area contributed by atoms with Gasteiger partial charge in [0, 0.05) is 26.2 Å². The molecule has 1 aromatic carbocycles. The summed E-state index contributed by atoms with van der Waals surface area (Å²) in [5.41, 5.74) is 0.848. The highest BCUT2D eigenvalue weighted by Gasteiger charge is 2.12. The van der Waals surface area contributed by atoms with E-state index in [0.29, 0.717) is 18.9 Å². The van der Waals surface area contributed by atoms with E-state index in [-0.39, 0.29) is 5.75 Å². The number of benzene rings is 1. The molecule has 1 heterocycles. The average Bonchev–Trinajstić information content (AvgIpc) is 2.71. The Hall–Kier alpha value is -2.13. The summed E-state index contributed by atoms with van der Waals surface area (Å²) in [6.07, 6.45) is 1.01. The molecule has 2 rings (SSSR count). The van der Waals surface area contributed by atoms with Crippen molar-refractivity contribution in [3.8, 4) is 11.5 Å². The van der Waals surface area contributed by atoms with Crippen LogP contribution in [0.5, 0.6) is 11.5 Å². The van der Waals surface area contributed by atoms with Gasteiger partial charge < -0.3 is 24.8 Å². The van der Waals surface area contributed by atoms with Crippen LogP contribution in [0.25, 0.3) is 0 Å². The van der Waals surface area contributed by atoms with E-state index in [9.17, 15) is 8.78 Å². The second-order valence-corrected chi connectivity index (χ2v) is 6.52. The fourth-order valence-electron chi connectivity index (χ4n) is 2.96. The zero-order chi connectivity index (χ0) is 20.9. The normalized spacial score (nSPS) is 15.4. The summed E-state index contributed by atoms with van der Waals surface area (Å²) in [4.78, 5) is 6.97.